The van der Waals surface area contributed by atoms with Crippen LogP contribution < -0.4 is 5.73 Å². The van der Waals surface area contributed by atoms with Gasteiger partial charge < -0.3 is 10.3 Å². The molecule has 74 valence electrons. The smallest absolute Gasteiger partial charge is 0.231 e. The third kappa shape index (κ3) is 1.74. The van der Waals surface area contributed by atoms with E-state index in [1.165, 1.54) is 6.34 Å². The van der Waals surface area contributed by atoms with Crippen LogP contribution in [-0.2, 0) is 7.05 Å². The van der Waals surface area contributed by atoms with E-state index in [4.69, 9.17) is 5.73 Å². The van der Waals surface area contributed by atoms with Crippen LogP contribution in [0.1, 0.15) is 18.3 Å². The molecule has 1 heterocycles. The van der Waals surface area contributed by atoms with Crippen molar-refractivity contribution in [3.63, 3.8) is 0 Å². The van der Waals surface area contributed by atoms with Crippen LogP contribution in [0.2, 0.25) is 0 Å². The topological polar surface area (TPSA) is 56.2 Å². The molecule has 0 radical (unpaired) electrons. The highest BCUT2D eigenvalue weighted by atomic mass is 15.2. The lowest BCUT2D eigenvalue weighted by atomic mass is 10.3. The van der Waals surface area contributed by atoms with Gasteiger partial charge in [-0.05, 0) is 19.1 Å². The summed E-state index contributed by atoms with van der Waals surface area (Å²) >= 11 is 0. The van der Waals surface area contributed by atoms with Crippen LogP contribution in [0.25, 0.3) is 12.2 Å². The number of rotatable bonds is 3. The highest BCUT2D eigenvalue weighted by Crippen LogP contribution is 2.18. The Hall–Kier alpha value is -1.84. The van der Waals surface area contributed by atoms with Crippen molar-refractivity contribution in [3.05, 3.63) is 24.0 Å². The molecule has 0 unspecified atom stereocenters. The Kier molecular flexibility index (Phi) is 3.23. The molecule has 1 aromatic heterocycles. The molecule has 4 nitrogen and oxygen atoms in total. The Bertz CT molecular complexity index is 385. The van der Waals surface area contributed by atoms with Crippen molar-refractivity contribution in [1.82, 2.24) is 9.55 Å². The summed E-state index contributed by atoms with van der Waals surface area (Å²) in [5, 5.41) is 0. The molecular weight excluding hydrogens is 176 g/mol. The van der Waals surface area contributed by atoms with Crippen molar-refractivity contribution in [2.45, 2.75) is 6.92 Å². The van der Waals surface area contributed by atoms with Crippen molar-refractivity contribution in [2.24, 2.45) is 17.8 Å². The maximum Gasteiger partial charge on any atom is 0.231 e. The van der Waals surface area contributed by atoms with Crippen LogP contribution in [-0.4, -0.2) is 15.9 Å². The zero-order chi connectivity index (χ0) is 10.6. The lowest BCUT2D eigenvalue weighted by Gasteiger charge is -1.96. The van der Waals surface area contributed by atoms with E-state index in [1.807, 2.05) is 30.7 Å². The normalized spacial score (nSPS) is 11.6. The number of nitrogens with zero attached hydrogens (tertiary/aromatic N) is 3. The molecule has 0 atom stereocenters. The molecule has 14 heavy (non-hydrogen) atoms. The van der Waals surface area contributed by atoms with Gasteiger partial charge in [0.2, 0.25) is 5.95 Å². The van der Waals surface area contributed by atoms with Gasteiger partial charge in [0.25, 0.3) is 0 Å². The first-order valence-corrected chi connectivity index (χ1v) is 4.30. The summed E-state index contributed by atoms with van der Waals surface area (Å²) in [7, 11) is 1.87. The first-order valence-electron chi connectivity index (χ1n) is 4.30. The molecule has 0 fully saturated rings. The van der Waals surface area contributed by atoms with Gasteiger partial charge in [-0.3, -0.25) is 0 Å². The van der Waals surface area contributed by atoms with Gasteiger partial charge in [-0.25, -0.2) is 9.98 Å². The Morgan fingerprint density at radius 1 is 1.57 bits per heavy atom. The fourth-order valence-electron chi connectivity index (χ4n) is 1.22. The highest BCUT2D eigenvalue weighted by Gasteiger charge is 2.07. The van der Waals surface area contributed by atoms with Gasteiger partial charge >= 0.3 is 0 Å². The van der Waals surface area contributed by atoms with Gasteiger partial charge in [0.15, 0.2) is 0 Å². The second kappa shape index (κ2) is 4.41. The highest BCUT2D eigenvalue weighted by molar-refractivity contribution is 5.63. The summed E-state index contributed by atoms with van der Waals surface area (Å²) in [5.74, 6) is 0.579. The summed E-state index contributed by atoms with van der Waals surface area (Å²) in [6.45, 7) is 5.67. The minimum atomic E-state index is 0.579. The molecule has 0 aliphatic heterocycles. The second-order valence-corrected chi connectivity index (χ2v) is 2.72. The van der Waals surface area contributed by atoms with Gasteiger partial charge in [0.1, 0.15) is 0 Å². The van der Waals surface area contributed by atoms with Crippen LogP contribution >= 0.6 is 0 Å². The Labute approximate surface area is 83.5 Å². The lowest BCUT2D eigenvalue weighted by Crippen LogP contribution is -1.93. The number of hydrogen-bond acceptors (Lipinski definition) is 2. The van der Waals surface area contributed by atoms with Gasteiger partial charge in [0.05, 0.1) is 17.7 Å². The van der Waals surface area contributed by atoms with Gasteiger partial charge in [-0.1, -0.05) is 12.7 Å². The van der Waals surface area contributed by atoms with Crippen molar-refractivity contribution in [2.75, 3.05) is 0 Å². The number of aromatic nitrogens is 2. The largest absolute Gasteiger partial charge is 0.390 e. The number of nitrogens with two attached hydrogens (primary N) is 1. The minimum Gasteiger partial charge on any atom is -0.390 e. The van der Waals surface area contributed by atoms with E-state index in [-0.39, 0.29) is 0 Å². The van der Waals surface area contributed by atoms with E-state index in [2.05, 4.69) is 16.6 Å². The lowest BCUT2D eigenvalue weighted by molar-refractivity contribution is 0.901. The van der Waals surface area contributed by atoms with Crippen molar-refractivity contribution >= 4 is 24.4 Å². The van der Waals surface area contributed by atoms with E-state index < -0.39 is 0 Å². The summed E-state index contributed by atoms with van der Waals surface area (Å²) in [4.78, 5) is 8.23. The van der Waals surface area contributed by atoms with E-state index >= 15 is 0 Å². The van der Waals surface area contributed by atoms with Gasteiger partial charge in [-0.15, -0.1) is 0 Å². The molecule has 0 saturated carbocycles. The number of imidazole rings is 1. The zero-order valence-electron chi connectivity index (χ0n) is 8.44. The molecule has 0 amide bonds. The van der Waals surface area contributed by atoms with E-state index in [0.717, 1.165) is 11.4 Å². The van der Waals surface area contributed by atoms with Crippen LogP contribution in [0, 0.1) is 0 Å². The number of aliphatic imine (C=N–C) groups is 1. The summed E-state index contributed by atoms with van der Waals surface area (Å²) < 4.78 is 1.84. The van der Waals surface area contributed by atoms with Gasteiger partial charge in [-0.2, -0.15) is 0 Å². The standard InChI is InChI=1S/C10H14N4/c1-4-6-8-9(5-2)14(3)10(13-8)12-7-11/h4-7H,2H2,1,3H3,(H2,11,12,13)/b6-4-. The molecule has 0 saturated heterocycles. The third-order valence-corrected chi connectivity index (χ3v) is 1.85. The van der Waals surface area contributed by atoms with Crippen LogP contribution in [0.5, 0.6) is 0 Å². The van der Waals surface area contributed by atoms with E-state index in [9.17, 15) is 0 Å². The average Bonchev–Trinajstić information content (AvgIpc) is 2.45. The van der Waals surface area contributed by atoms with Crippen molar-refractivity contribution in [3.8, 4) is 0 Å². The molecule has 0 aromatic carbocycles. The molecule has 2 N–H and O–H groups in total. The minimum absolute atomic E-state index is 0.579. The molecule has 0 aliphatic rings. The van der Waals surface area contributed by atoms with Gasteiger partial charge in [0, 0.05) is 7.05 Å². The maximum atomic E-state index is 5.22. The first kappa shape index (κ1) is 10.2. The Morgan fingerprint density at radius 3 is 2.79 bits per heavy atom. The predicted octanol–water partition coefficient (Wildman–Crippen LogP) is 1.71. The number of hydrogen-bond donors (Lipinski definition) is 1. The van der Waals surface area contributed by atoms with E-state index in [1.54, 1.807) is 6.08 Å². The fraction of sp³-hybridized carbons (Fsp3) is 0.200. The molecule has 4 heteroatoms. The fourth-order valence-corrected chi connectivity index (χ4v) is 1.22. The quantitative estimate of drug-likeness (QED) is 0.582. The van der Waals surface area contributed by atoms with Crippen LogP contribution in [0.4, 0.5) is 5.95 Å². The molecule has 0 bridgehead atoms. The Balaban J connectivity index is 3.30. The van der Waals surface area contributed by atoms with Crippen molar-refractivity contribution < 1.29 is 0 Å². The first-order chi connectivity index (χ1) is 6.74. The van der Waals surface area contributed by atoms with Crippen molar-refractivity contribution in [1.29, 1.82) is 0 Å². The summed E-state index contributed by atoms with van der Waals surface area (Å²) in [5.41, 5.74) is 7.00. The monoisotopic (exact) mass is 190 g/mol. The molecule has 0 aliphatic carbocycles. The van der Waals surface area contributed by atoms with E-state index in [0.29, 0.717) is 5.95 Å². The third-order valence-electron chi connectivity index (χ3n) is 1.85. The molecular formula is C10H14N4. The summed E-state index contributed by atoms with van der Waals surface area (Å²) in [6, 6.07) is 0. The number of allylic oxidation sites excluding steroid dienone is 1. The molecule has 0 spiro atoms. The predicted molar refractivity (Wildman–Crippen MR) is 60.3 cm³/mol. The maximum absolute atomic E-state index is 5.22. The zero-order valence-corrected chi connectivity index (χ0v) is 8.44. The van der Waals surface area contributed by atoms with Crippen LogP contribution in [0.3, 0.4) is 0 Å². The SMILES string of the molecule is C=Cc1c(/C=C\C)nc(/N=C\N)n1C. The molecule has 1 rings (SSSR count). The summed E-state index contributed by atoms with van der Waals surface area (Å²) in [6.07, 6.45) is 6.81. The van der Waals surface area contributed by atoms with Crippen LogP contribution in [0.15, 0.2) is 17.6 Å². The Morgan fingerprint density at radius 2 is 2.29 bits per heavy atom. The second-order valence-electron chi connectivity index (χ2n) is 2.72. The molecule has 1 aromatic rings. The average molecular weight is 190 g/mol.